The normalized spacial score (nSPS) is 21.3. The van der Waals surface area contributed by atoms with Gasteiger partial charge in [-0.3, -0.25) is 14.5 Å². The van der Waals surface area contributed by atoms with Crippen LogP contribution in [0.4, 0.5) is 0 Å². The van der Waals surface area contributed by atoms with Gasteiger partial charge in [-0.25, -0.2) is 0 Å². The van der Waals surface area contributed by atoms with Crippen molar-refractivity contribution in [2.24, 2.45) is 11.8 Å². The first kappa shape index (κ1) is 16.9. The van der Waals surface area contributed by atoms with Gasteiger partial charge in [-0.1, -0.05) is 20.8 Å². The van der Waals surface area contributed by atoms with Crippen molar-refractivity contribution in [3.8, 4) is 0 Å². The summed E-state index contributed by atoms with van der Waals surface area (Å²) in [7, 11) is 1.75. The minimum atomic E-state index is -0.857. The van der Waals surface area contributed by atoms with E-state index in [4.69, 9.17) is 9.84 Å². The molecule has 0 aromatic rings. The minimum Gasteiger partial charge on any atom is -0.480 e. The number of aliphatic carboxylic acids is 1. The number of carbonyl (C=O) groups is 2. The maximum absolute atomic E-state index is 12.3. The van der Waals surface area contributed by atoms with Gasteiger partial charge in [-0.15, -0.1) is 0 Å². The molecule has 2 unspecified atom stereocenters. The van der Waals surface area contributed by atoms with Gasteiger partial charge in [0, 0.05) is 25.6 Å². The van der Waals surface area contributed by atoms with E-state index in [1.54, 1.807) is 11.9 Å². The van der Waals surface area contributed by atoms with Crippen molar-refractivity contribution in [2.45, 2.75) is 26.9 Å². The van der Waals surface area contributed by atoms with Crippen LogP contribution in [0.3, 0.4) is 0 Å². The quantitative estimate of drug-likeness (QED) is 0.771. The highest BCUT2D eigenvalue weighted by Gasteiger charge is 2.29. The Labute approximate surface area is 120 Å². The number of carboxylic acids is 1. The maximum atomic E-state index is 12.3. The van der Waals surface area contributed by atoms with E-state index < -0.39 is 5.97 Å². The fraction of sp³-hybridized carbons (Fsp3) is 0.857. The van der Waals surface area contributed by atoms with Crippen LogP contribution in [0.25, 0.3) is 0 Å². The predicted octanol–water partition coefficient (Wildman–Crippen LogP) is 0.522. The first-order chi connectivity index (χ1) is 9.31. The molecule has 1 amide bonds. The second-order valence-electron chi connectivity index (χ2n) is 5.90. The van der Waals surface area contributed by atoms with Crippen LogP contribution in [-0.2, 0) is 14.3 Å². The number of hydrogen-bond donors (Lipinski definition) is 1. The smallest absolute Gasteiger partial charge is 0.317 e. The van der Waals surface area contributed by atoms with Crippen molar-refractivity contribution in [3.05, 3.63) is 0 Å². The summed E-state index contributed by atoms with van der Waals surface area (Å²) < 4.78 is 5.62. The lowest BCUT2D eigenvalue weighted by Crippen LogP contribution is -2.51. The topological polar surface area (TPSA) is 70.1 Å². The lowest BCUT2D eigenvalue weighted by molar-refractivity contribution is -0.146. The number of morpholine rings is 1. The molecule has 116 valence electrons. The Morgan fingerprint density at radius 1 is 1.40 bits per heavy atom. The molecular formula is C14H26N2O4. The minimum absolute atomic E-state index is 0.00509. The highest BCUT2D eigenvalue weighted by molar-refractivity contribution is 5.78. The molecule has 0 radical (unpaired) electrons. The number of carboxylic acid groups (broad SMARTS) is 1. The summed E-state index contributed by atoms with van der Waals surface area (Å²) in [6, 6.07) is 0. The Kier molecular flexibility index (Phi) is 6.42. The van der Waals surface area contributed by atoms with Crippen molar-refractivity contribution in [3.63, 3.8) is 0 Å². The highest BCUT2D eigenvalue weighted by Crippen LogP contribution is 2.16. The zero-order chi connectivity index (χ0) is 15.3. The van der Waals surface area contributed by atoms with Crippen LogP contribution in [0, 0.1) is 11.8 Å². The number of carbonyl (C=O) groups excluding carboxylic acids is 1. The average molecular weight is 286 g/mol. The zero-order valence-corrected chi connectivity index (χ0v) is 12.8. The first-order valence-corrected chi connectivity index (χ1v) is 7.12. The molecule has 0 bridgehead atoms. The van der Waals surface area contributed by atoms with E-state index in [1.165, 1.54) is 0 Å². The van der Waals surface area contributed by atoms with Crippen LogP contribution in [-0.4, -0.2) is 72.7 Å². The Morgan fingerprint density at radius 3 is 2.60 bits per heavy atom. The number of ether oxygens (including phenoxy) is 1. The first-order valence-electron chi connectivity index (χ1n) is 7.12. The number of rotatable bonds is 6. The van der Waals surface area contributed by atoms with Crippen molar-refractivity contribution in [1.29, 1.82) is 0 Å². The van der Waals surface area contributed by atoms with Crippen LogP contribution in [0.15, 0.2) is 0 Å². The molecule has 1 saturated heterocycles. The summed E-state index contributed by atoms with van der Waals surface area (Å²) in [6.07, 6.45) is -0.114. The average Bonchev–Trinajstić information content (AvgIpc) is 2.36. The largest absolute Gasteiger partial charge is 0.480 e. The Balaban J connectivity index is 2.50. The van der Waals surface area contributed by atoms with Gasteiger partial charge in [0.05, 0.1) is 19.3 Å². The number of nitrogens with zero attached hydrogens (tertiary/aromatic N) is 2. The van der Waals surface area contributed by atoms with Crippen LogP contribution in [0.5, 0.6) is 0 Å². The molecule has 1 fully saturated rings. The fourth-order valence-electron chi connectivity index (χ4n) is 2.25. The molecule has 2 atom stereocenters. The van der Waals surface area contributed by atoms with Crippen LogP contribution < -0.4 is 0 Å². The van der Waals surface area contributed by atoms with Crippen molar-refractivity contribution in [2.75, 3.05) is 39.8 Å². The Hall–Kier alpha value is -1.14. The molecule has 6 heteroatoms. The predicted molar refractivity (Wildman–Crippen MR) is 75.5 cm³/mol. The van der Waals surface area contributed by atoms with E-state index in [9.17, 15) is 9.59 Å². The molecule has 1 heterocycles. The Morgan fingerprint density at radius 2 is 2.05 bits per heavy atom. The van der Waals surface area contributed by atoms with Crippen LogP contribution in [0.2, 0.25) is 0 Å². The van der Waals surface area contributed by atoms with Gasteiger partial charge >= 0.3 is 5.97 Å². The molecular weight excluding hydrogens is 260 g/mol. The standard InChI is InChI=1S/C14H26N2O4/c1-10(2)11(3)14(19)16-5-6-20-12(8-16)7-15(4)9-13(17)18/h10-12H,5-9H2,1-4H3,(H,17,18). The second kappa shape index (κ2) is 7.59. The summed E-state index contributed by atoms with van der Waals surface area (Å²) in [5.74, 6) is -0.372. The SMILES string of the molecule is CC(C)C(C)C(=O)N1CCOC(CN(C)CC(=O)O)C1. The molecule has 1 aliphatic heterocycles. The van der Waals surface area contributed by atoms with E-state index in [1.807, 2.05) is 25.7 Å². The summed E-state index contributed by atoms with van der Waals surface area (Å²) in [5.41, 5.74) is 0. The molecule has 1 rings (SSSR count). The van der Waals surface area contributed by atoms with Gasteiger partial charge < -0.3 is 14.7 Å². The highest BCUT2D eigenvalue weighted by atomic mass is 16.5. The van der Waals surface area contributed by atoms with Gasteiger partial charge in [0.2, 0.25) is 5.91 Å². The van der Waals surface area contributed by atoms with Gasteiger partial charge in [-0.2, -0.15) is 0 Å². The molecule has 6 nitrogen and oxygen atoms in total. The summed E-state index contributed by atoms with van der Waals surface area (Å²) in [6.45, 7) is 8.22. The summed E-state index contributed by atoms with van der Waals surface area (Å²) in [4.78, 5) is 26.5. The molecule has 0 aromatic heterocycles. The molecule has 1 N–H and O–H groups in total. The van der Waals surface area contributed by atoms with E-state index in [0.717, 1.165) is 0 Å². The van der Waals surface area contributed by atoms with Crippen LogP contribution >= 0.6 is 0 Å². The maximum Gasteiger partial charge on any atom is 0.317 e. The molecule has 0 spiro atoms. The molecule has 0 aromatic carbocycles. The van der Waals surface area contributed by atoms with Crippen molar-refractivity contribution >= 4 is 11.9 Å². The summed E-state index contributed by atoms with van der Waals surface area (Å²) in [5, 5.41) is 8.74. The van der Waals surface area contributed by atoms with E-state index in [2.05, 4.69) is 0 Å². The van der Waals surface area contributed by atoms with E-state index in [-0.39, 0.29) is 24.5 Å². The second-order valence-corrected chi connectivity index (χ2v) is 5.90. The molecule has 0 saturated carbocycles. The fourth-order valence-corrected chi connectivity index (χ4v) is 2.25. The Bertz CT molecular complexity index is 346. The third-order valence-electron chi connectivity index (χ3n) is 3.76. The third-order valence-corrected chi connectivity index (χ3v) is 3.76. The molecule has 1 aliphatic rings. The van der Waals surface area contributed by atoms with Gasteiger partial charge in [0.15, 0.2) is 0 Å². The van der Waals surface area contributed by atoms with Crippen LogP contribution in [0.1, 0.15) is 20.8 Å². The van der Waals surface area contributed by atoms with E-state index in [0.29, 0.717) is 32.2 Å². The van der Waals surface area contributed by atoms with Crippen molar-refractivity contribution in [1.82, 2.24) is 9.80 Å². The van der Waals surface area contributed by atoms with Gasteiger partial charge in [-0.05, 0) is 13.0 Å². The zero-order valence-electron chi connectivity index (χ0n) is 12.8. The van der Waals surface area contributed by atoms with E-state index >= 15 is 0 Å². The number of amides is 1. The third kappa shape index (κ3) is 5.09. The number of likely N-dealkylation sites (N-methyl/N-ethyl adjacent to an activating group) is 1. The summed E-state index contributed by atoms with van der Waals surface area (Å²) >= 11 is 0. The van der Waals surface area contributed by atoms with Crippen molar-refractivity contribution < 1.29 is 19.4 Å². The van der Waals surface area contributed by atoms with Gasteiger partial charge in [0.1, 0.15) is 0 Å². The lowest BCUT2D eigenvalue weighted by atomic mass is 9.96. The molecule has 20 heavy (non-hydrogen) atoms. The van der Waals surface area contributed by atoms with Gasteiger partial charge in [0.25, 0.3) is 0 Å². The molecule has 0 aliphatic carbocycles. The lowest BCUT2D eigenvalue weighted by Gasteiger charge is -2.36. The number of hydrogen-bond acceptors (Lipinski definition) is 4. The monoisotopic (exact) mass is 286 g/mol.